The Kier molecular flexibility index (Phi) is 5.90. The lowest BCUT2D eigenvalue weighted by Gasteiger charge is -2.23. The molecule has 2 unspecified atom stereocenters. The van der Waals surface area contributed by atoms with Crippen molar-refractivity contribution in [3.8, 4) is 11.5 Å². The Labute approximate surface area is 225 Å². The standard InChI is InChI=1S/C31H29N3O5/c1-16(2)38-22-9-6-19(7-10-22)27-26(28(35)20-8-12-25-21(15-20)14-18(4)39-25)29(36)30(37)34(27)31-32-23-11-5-17(3)13-24(23)33-31/h5-13,15-16,18,27,35H,14H2,1-4H3,(H,32,33)/b28-26+. The molecule has 4 aromatic rings. The first-order valence-electron chi connectivity index (χ1n) is 13.0. The first kappa shape index (κ1) is 24.7. The van der Waals surface area contributed by atoms with E-state index in [0.29, 0.717) is 28.8 Å². The smallest absolute Gasteiger partial charge is 0.302 e. The maximum Gasteiger partial charge on any atom is 0.302 e. The van der Waals surface area contributed by atoms with Gasteiger partial charge in [0.15, 0.2) is 0 Å². The van der Waals surface area contributed by atoms with Crippen molar-refractivity contribution >= 4 is 34.4 Å². The zero-order chi connectivity index (χ0) is 27.4. The van der Waals surface area contributed by atoms with Gasteiger partial charge in [-0.15, -0.1) is 0 Å². The zero-order valence-electron chi connectivity index (χ0n) is 22.2. The summed E-state index contributed by atoms with van der Waals surface area (Å²) in [6.45, 7) is 7.82. The molecule has 6 rings (SSSR count). The zero-order valence-corrected chi connectivity index (χ0v) is 22.2. The predicted molar refractivity (Wildman–Crippen MR) is 148 cm³/mol. The maximum absolute atomic E-state index is 13.6. The number of fused-ring (bicyclic) bond motifs is 2. The van der Waals surface area contributed by atoms with Gasteiger partial charge in [0.1, 0.15) is 23.4 Å². The highest BCUT2D eigenvalue weighted by Crippen LogP contribution is 2.43. The van der Waals surface area contributed by atoms with Crippen LogP contribution in [0.15, 0.2) is 66.2 Å². The number of amides is 1. The second-order valence-electron chi connectivity index (χ2n) is 10.4. The minimum atomic E-state index is -0.900. The molecule has 1 aromatic heterocycles. The number of aromatic nitrogens is 2. The van der Waals surface area contributed by atoms with Gasteiger partial charge in [-0.2, -0.15) is 0 Å². The van der Waals surface area contributed by atoms with Gasteiger partial charge in [-0.1, -0.05) is 18.2 Å². The van der Waals surface area contributed by atoms with Crippen molar-refractivity contribution in [3.05, 3.63) is 88.5 Å². The maximum atomic E-state index is 13.6. The third kappa shape index (κ3) is 4.31. The molecule has 2 atom stereocenters. The van der Waals surface area contributed by atoms with E-state index in [1.54, 1.807) is 36.4 Å². The van der Waals surface area contributed by atoms with E-state index in [1.807, 2.05) is 52.0 Å². The summed E-state index contributed by atoms with van der Waals surface area (Å²) in [5, 5.41) is 11.5. The molecule has 3 aromatic carbocycles. The van der Waals surface area contributed by atoms with Crippen molar-refractivity contribution in [1.82, 2.24) is 9.97 Å². The number of anilines is 1. The molecule has 8 nitrogen and oxygen atoms in total. The number of aryl methyl sites for hydroxylation is 1. The summed E-state index contributed by atoms with van der Waals surface area (Å²) in [4.78, 5) is 36.3. The van der Waals surface area contributed by atoms with Crippen molar-refractivity contribution < 1.29 is 24.2 Å². The number of Topliss-reactive ketones (excluding diaryl/α,β-unsaturated/α-hetero) is 1. The molecular formula is C31H29N3O5. The molecule has 0 bridgehead atoms. The molecule has 2 aliphatic heterocycles. The van der Waals surface area contributed by atoms with Crippen LogP contribution in [-0.4, -0.2) is 39.0 Å². The molecule has 1 amide bonds. The number of ketones is 1. The predicted octanol–water partition coefficient (Wildman–Crippen LogP) is 5.61. The molecule has 2 N–H and O–H groups in total. The van der Waals surface area contributed by atoms with Crippen molar-refractivity contribution in [1.29, 1.82) is 0 Å². The molecule has 0 spiro atoms. The molecular weight excluding hydrogens is 494 g/mol. The Morgan fingerprint density at radius 2 is 1.87 bits per heavy atom. The van der Waals surface area contributed by atoms with Crippen molar-refractivity contribution in [2.75, 3.05) is 4.90 Å². The van der Waals surface area contributed by atoms with Gasteiger partial charge < -0.3 is 19.6 Å². The Balaban J connectivity index is 1.51. The van der Waals surface area contributed by atoms with Gasteiger partial charge in [0, 0.05) is 12.0 Å². The van der Waals surface area contributed by atoms with Gasteiger partial charge in [0.25, 0.3) is 5.78 Å². The lowest BCUT2D eigenvalue weighted by molar-refractivity contribution is -0.132. The van der Waals surface area contributed by atoms with Crippen LogP contribution in [0.4, 0.5) is 5.95 Å². The summed E-state index contributed by atoms with van der Waals surface area (Å²) in [7, 11) is 0. The van der Waals surface area contributed by atoms with E-state index in [-0.39, 0.29) is 29.5 Å². The van der Waals surface area contributed by atoms with E-state index in [4.69, 9.17) is 9.47 Å². The largest absolute Gasteiger partial charge is 0.507 e. The number of ether oxygens (including phenoxy) is 2. The summed E-state index contributed by atoms with van der Waals surface area (Å²) in [5.74, 6) is -0.121. The number of carbonyl (C=O) groups excluding carboxylic acids is 2. The van der Waals surface area contributed by atoms with E-state index in [9.17, 15) is 14.7 Å². The van der Waals surface area contributed by atoms with Crippen LogP contribution >= 0.6 is 0 Å². The lowest BCUT2D eigenvalue weighted by Crippen LogP contribution is -2.30. The van der Waals surface area contributed by atoms with Crippen molar-refractivity contribution in [3.63, 3.8) is 0 Å². The number of benzene rings is 3. The molecule has 0 aliphatic carbocycles. The normalized spacial score (nSPS) is 20.1. The van der Waals surface area contributed by atoms with Crippen LogP contribution in [0.3, 0.4) is 0 Å². The monoisotopic (exact) mass is 523 g/mol. The minimum Gasteiger partial charge on any atom is -0.507 e. The van der Waals surface area contributed by atoms with Gasteiger partial charge in [-0.05, 0) is 86.8 Å². The fourth-order valence-corrected chi connectivity index (χ4v) is 5.32. The number of imidazole rings is 1. The number of hydrogen-bond acceptors (Lipinski definition) is 6. The number of hydrogen-bond donors (Lipinski definition) is 2. The third-order valence-corrected chi connectivity index (χ3v) is 7.03. The third-order valence-electron chi connectivity index (χ3n) is 7.03. The topological polar surface area (TPSA) is 105 Å². The average Bonchev–Trinajstić information content (AvgIpc) is 3.55. The molecule has 1 saturated heterocycles. The Bertz CT molecular complexity index is 1650. The van der Waals surface area contributed by atoms with E-state index in [1.165, 1.54) is 4.90 Å². The number of aromatic amines is 1. The van der Waals surface area contributed by atoms with E-state index in [2.05, 4.69) is 9.97 Å². The molecule has 2 aliphatic rings. The highest BCUT2D eigenvalue weighted by molar-refractivity contribution is 6.51. The van der Waals surface area contributed by atoms with Crippen molar-refractivity contribution in [2.45, 2.75) is 52.4 Å². The lowest BCUT2D eigenvalue weighted by atomic mass is 9.94. The number of nitrogens with one attached hydrogen (secondary N) is 1. The Morgan fingerprint density at radius 1 is 1.10 bits per heavy atom. The number of nitrogens with zero attached hydrogens (tertiary/aromatic N) is 2. The number of H-pyrrole nitrogens is 1. The average molecular weight is 524 g/mol. The van der Waals surface area contributed by atoms with Crippen LogP contribution in [-0.2, 0) is 16.0 Å². The van der Waals surface area contributed by atoms with Gasteiger partial charge in [0.05, 0.1) is 28.8 Å². The van der Waals surface area contributed by atoms with Crippen LogP contribution in [0.25, 0.3) is 16.8 Å². The summed E-state index contributed by atoms with van der Waals surface area (Å²) in [5.41, 5.74) is 4.49. The quantitative estimate of drug-likeness (QED) is 0.200. The second kappa shape index (κ2) is 9.31. The first-order valence-corrected chi connectivity index (χ1v) is 13.0. The molecule has 0 saturated carbocycles. The second-order valence-corrected chi connectivity index (χ2v) is 10.4. The first-order chi connectivity index (χ1) is 18.7. The number of carbonyl (C=O) groups is 2. The SMILES string of the molecule is Cc1ccc2nc(N3C(=O)C(=O)/C(=C(/O)c4ccc5c(c4)CC(C)O5)C3c3ccc(OC(C)C)cc3)[nH]c2c1. The summed E-state index contributed by atoms with van der Waals surface area (Å²) >= 11 is 0. The number of rotatable bonds is 5. The van der Waals surface area contributed by atoms with Gasteiger partial charge >= 0.3 is 5.91 Å². The van der Waals surface area contributed by atoms with Gasteiger partial charge in [0.2, 0.25) is 5.95 Å². The Morgan fingerprint density at radius 3 is 2.62 bits per heavy atom. The molecule has 39 heavy (non-hydrogen) atoms. The minimum absolute atomic E-state index is 0.000999. The fourth-order valence-electron chi connectivity index (χ4n) is 5.32. The molecule has 3 heterocycles. The summed E-state index contributed by atoms with van der Waals surface area (Å²) in [6, 6.07) is 17.4. The van der Waals surface area contributed by atoms with Gasteiger partial charge in [-0.3, -0.25) is 14.5 Å². The number of aliphatic hydroxyl groups excluding tert-OH is 1. The highest BCUT2D eigenvalue weighted by atomic mass is 16.5. The fraction of sp³-hybridized carbons (Fsp3) is 0.258. The molecule has 8 heteroatoms. The van der Waals surface area contributed by atoms with Crippen LogP contribution in [0.5, 0.6) is 11.5 Å². The van der Waals surface area contributed by atoms with Crippen molar-refractivity contribution in [2.24, 2.45) is 0 Å². The van der Waals surface area contributed by atoms with Crippen LogP contribution in [0, 0.1) is 6.92 Å². The highest BCUT2D eigenvalue weighted by Gasteiger charge is 2.48. The molecule has 0 radical (unpaired) electrons. The number of aliphatic hydroxyl groups is 1. The van der Waals surface area contributed by atoms with E-state index in [0.717, 1.165) is 22.4 Å². The van der Waals surface area contributed by atoms with Gasteiger partial charge in [-0.25, -0.2) is 4.98 Å². The molecule has 1 fully saturated rings. The molecule has 198 valence electrons. The summed E-state index contributed by atoms with van der Waals surface area (Å²) < 4.78 is 11.6. The van der Waals surface area contributed by atoms with Crippen LogP contribution in [0.1, 0.15) is 49.1 Å². The summed E-state index contributed by atoms with van der Waals surface area (Å²) in [6.07, 6.45) is 0.725. The van der Waals surface area contributed by atoms with Crippen LogP contribution < -0.4 is 14.4 Å². The Hall–Kier alpha value is -4.59. The van der Waals surface area contributed by atoms with E-state index < -0.39 is 17.7 Å². The van der Waals surface area contributed by atoms with E-state index >= 15 is 0 Å². The van der Waals surface area contributed by atoms with Crippen LogP contribution in [0.2, 0.25) is 0 Å².